The second-order valence-electron chi connectivity index (χ2n) is 4.84. The minimum absolute atomic E-state index is 0.269. The summed E-state index contributed by atoms with van der Waals surface area (Å²) in [6.07, 6.45) is 6.23. The number of allylic oxidation sites excluding steroid dienone is 3. The number of carbonyl (C=O) groups excluding carboxylic acids is 1. The molecule has 1 aromatic carbocycles. The third-order valence-electron chi connectivity index (χ3n) is 2.75. The molecule has 0 heterocycles. The van der Waals surface area contributed by atoms with Crippen molar-refractivity contribution in [1.82, 2.24) is 0 Å². The number of benzene rings is 1. The van der Waals surface area contributed by atoms with Gasteiger partial charge < -0.3 is 4.74 Å². The van der Waals surface area contributed by atoms with Crippen LogP contribution in [0.25, 0.3) is 0 Å². The lowest BCUT2D eigenvalue weighted by Gasteiger charge is -2.03. The molecule has 0 radical (unpaired) electrons. The molecule has 0 saturated carbocycles. The van der Waals surface area contributed by atoms with E-state index in [1.807, 2.05) is 24.3 Å². The molecule has 0 spiro atoms. The van der Waals surface area contributed by atoms with Crippen LogP contribution >= 0.6 is 0 Å². The maximum absolute atomic E-state index is 11.7. The van der Waals surface area contributed by atoms with Gasteiger partial charge in [0.05, 0.1) is 5.56 Å². The van der Waals surface area contributed by atoms with E-state index in [4.69, 9.17) is 4.74 Å². The van der Waals surface area contributed by atoms with Crippen LogP contribution in [0.4, 0.5) is 0 Å². The lowest BCUT2D eigenvalue weighted by molar-refractivity contribution is 0.0549. The molecule has 0 aliphatic heterocycles. The third-order valence-corrected chi connectivity index (χ3v) is 2.75. The number of hydrogen-bond donors (Lipinski definition) is 0. The molecule has 0 saturated heterocycles. The van der Waals surface area contributed by atoms with Crippen molar-refractivity contribution in [3.05, 3.63) is 59.2 Å². The van der Waals surface area contributed by atoms with Crippen molar-refractivity contribution < 1.29 is 9.53 Å². The zero-order valence-corrected chi connectivity index (χ0v) is 12.0. The zero-order valence-electron chi connectivity index (χ0n) is 12.0. The van der Waals surface area contributed by atoms with Gasteiger partial charge in [-0.25, -0.2) is 4.79 Å². The Morgan fingerprint density at radius 3 is 2.42 bits per heavy atom. The van der Waals surface area contributed by atoms with Gasteiger partial charge in [0.25, 0.3) is 0 Å². The average molecular weight is 258 g/mol. The number of ether oxygens (including phenoxy) is 1. The Bertz CT molecular complexity index is 451. The summed E-state index contributed by atoms with van der Waals surface area (Å²) in [5.41, 5.74) is 3.18. The van der Waals surface area contributed by atoms with Crippen LogP contribution in [0.2, 0.25) is 0 Å². The van der Waals surface area contributed by atoms with E-state index in [9.17, 15) is 4.79 Å². The third kappa shape index (κ3) is 6.61. The summed E-state index contributed by atoms with van der Waals surface area (Å²) in [6.45, 7) is 6.60. The number of carbonyl (C=O) groups is 1. The first kappa shape index (κ1) is 15.2. The van der Waals surface area contributed by atoms with Gasteiger partial charge in [0, 0.05) is 0 Å². The average Bonchev–Trinajstić information content (AvgIpc) is 2.39. The molecule has 0 atom stereocenters. The zero-order chi connectivity index (χ0) is 14.1. The van der Waals surface area contributed by atoms with E-state index in [1.54, 1.807) is 12.1 Å². The molecule has 0 N–H and O–H groups in total. The predicted molar refractivity (Wildman–Crippen MR) is 79.1 cm³/mol. The summed E-state index contributed by atoms with van der Waals surface area (Å²) in [4.78, 5) is 11.7. The Kier molecular flexibility index (Phi) is 6.65. The number of hydrogen-bond acceptors (Lipinski definition) is 2. The van der Waals surface area contributed by atoms with E-state index in [0.717, 1.165) is 12.8 Å². The minimum Gasteiger partial charge on any atom is -0.458 e. The maximum atomic E-state index is 11.7. The summed E-state index contributed by atoms with van der Waals surface area (Å²) in [5, 5.41) is 0. The van der Waals surface area contributed by atoms with Gasteiger partial charge in [0.2, 0.25) is 0 Å². The van der Waals surface area contributed by atoms with Gasteiger partial charge >= 0.3 is 5.97 Å². The van der Waals surface area contributed by atoms with Gasteiger partial charge in [-0.3, -0.25) is 0 Å². The highest BCUT2D eigenvalue weighted by Gasteiger charge is 2.03. The Hall–Kier alpha value is -1.83. The van der Waals surface area contributed by atoms with Gasteiger partial charge in [-0.05, 0) is 51.8 Å². The first-order valence-electron chi connectivity index (χ1n) is 6.61. The van der Waals surface area contributed by atoms with Crippen LogP contribution in [0, 0.1) is 0 Å². The molecular weight excluding hydrogens is 236 g/mol. The topological polar surface area (TPSA) is 26.3 Å². The number of esters is 1. The number of rotatable bonds is 6. The van der Waals surface area contributed by atoms with Crippen molar-refractivity contribution in [3.8, 4) is 0 Å². The van der Waals surface area contributed by atoms with Crippen LogP contribution in [0.3, 0.4) is 0 Å². The largest absolute Gasteiger partial charge is 0.458 e. The van der Waals surface area contributed by atoms with Crippen molar-refractivity contribution in [2.45, 2.75) is 33.6 Å². The molecule has 102 valence electrons. The summed E-state index contributed by atoms with van der Waals surface area (Å²) < 4.78 is 5.20. The smallest absolute Gasteiger partial charge is 0.338 e. The highest BCUT2D eigenvalue weighted by atomic mass is 16.5. The van der Waals surface area contributed by atoms with Crippen molar-refractivity contribution in [2.75, 3.05) is 6.61 Å². The van der Waals surface area contributed by atoms with Crippen LogP contribution in [0.1, 0.15) is 44.0 Å². The first-order chi connectivity index (χ1) is 9.09. The second-order valence-corrected chi connectivity index (χ2v) is 4.84. The quantitative estimate of drug-likeness (QED) is 0.553. The molecule has 0 fully saturated rings. The van der Waals surface area contributed by atoms with E-state index in [-0.39, 0.29) is 5.97 Å². The first-order valence-corrected chi connectivity index (χ1v) is 6.61. The van der Waals surface area contributed by atoms with E-state index >= 15 is 0 Å². The molecule has 0 aromatic heterocycles. The second kappa shape index (κ2) is 8.30. The van der Waals surface area contributed by atoms with Gasteiger partial charge in [0.1, 0.15) is 6.61 Å². The van der Waals surface area contributed by atoms with E-state index in [1.165, 1.54) is 11.1 Å². The van der Waals surface area contributed by atoms with Crippen LogP contribution in [-0.4, -0.2) is 12.6 Å². The van der Waals surface area contributed by atoms with Crippen LogP contribution in [-0.2, 0) is 4.74 Å². The summed E-state index contributed by atoms with van der Waals surface area (Å²) in [7, 11) is 0. The monoisotopic (exact) mass is 258 g/mol. The van der Waals surface area contributed by atoms with Crippen LogP contribution in [0.15, 0.2) is 53.6 Å². The molecule has 0 aliphatic carbocycles. The summed E-state index contributed by atoms with van der Waals surface area (Å²) in [5.74, 6) is -0.269. The standard InChI is InChI=1S/C17H22O2/c1-14(2)8-7-9-15(3)12-13-19-17(18)16-10-5-4-6-11-16/h4-6,8,10-12H,7,9,13H2,1-3H3/b15-12+. The molecule has 1 rings (SSSR count). The molecule has 2 heteroatoms. The molecule has 0 unspecified atom stereocenters. The molecular formula is C17H22O2. The summed E-state index contributed by atoms with van der Waals surface area (Å²) >= 11 is 0. The fraction of sp³-hybridized carbons (Fsp3) is 0.353. The fourth-order valence-corrected chi connectivity index (χ4v) is 1.61. The lowest BCUT2D eigenvalue weighted by atomic mass is 10.1. The van der Waals surface area contributed by atoms with Crippen LogP contribution in [0.5, 0.6) is 0 Å². The van der Waals surface area contributed by atoms with Crippen LogP contribution < -0.4 is 0 Å². The summed E-state index contributed by atoms with van der Waals surface area (Å²) in [6, 6.07) is 9.06. The van der Waals surface area contributed by atoms with E-state index in [0.29, 0.717) is 12.2 Å². The van der Waals surface area contributed by atoms with Gasteiger partial charge in [-0.2, -0.15) is 0 Å². The molecule has 0 amide bonds. The highest BCUT2D eigenvalue weighted by molar-refractivity contribution is 5.89. The molecule has 0 bridgehead atoms. The fourth-order valence-electron chi connectivity index (χ4n) is 1.61. The Labute approximate surface area is 115 Å². The molecule has 1 aromatic rings. The van der Waals surface area contributed by atoms with E-state index in [2.05, 4.69) is 26.8 Å². The van der Waals surface area contributed by atoms with Crippen molar-refractivity contribution >= 4 is 5.97 Å². The minimum atomic E-state index is -0.269. The predicted octanol–water partition coefficient (Wildman–Crippen LogP) is 4.54. The molecule has 2 nitrogen and oxygen atoms in total. The highest BCUT2D eigenvalue weighted by Crippen LogP contribution is 2.07. The maximum Gasteiger partial charge on any atom is 0.338 e. The Morgan fingerprint density at radius 1 is 1.11 bits per heavy atom. The Balaban J connectivity index is 2.33. The van der Waals surface area contributed by atoms with Gasteiger partial charge in [0.15, 0.2) is 0 Å². The normalized spacial score (nSPS) is 11.0. The van der Waals surface area contributed by atoms with Gasteiger partial charge in [-0.15, -0.1) is 0 Å². The van der Waals surface area contributed by atoms with Crippen molar-refractivity contribution in [1.29, 1.82) is 0 Å². The van der Waals surface area contributed by atoms with Gasteiger partial charge in [-0.1, -0.05) is 35.4 Å². The van der Waals surface area contributed by atoms with Crippen molar-refractivity contribution in [3.63, 3.8) is 0 Å². The van der Waals surface area contributed by atoms with E-state index < -0.39 is 0 Å². The molecule has 0 aliphatic rings. The van der Waals surface area contributed by atoms with Crippen molar-refractivity contribution in [2.24, 2.45) is 0 Å². The Morgan fingerprint density at radius 2 is 1.79 bits per heavy atom. The lowest BCUT2D eigenvalue weighted by Crippen LogP contribution is -2.04. The SMILES string of the molecule is CC(C)=CCC/C(C)=C/COC(=O)c1ccccc1. The molecule has 19 heavy (non-hydrogen) atoms.